The van der Waals surface area contributed by atoms with E-state index >= 15 is 0 Å². The van der Waals surface area contributed by atoms with Crippen molar-refractivity contribution in [3.05, 3.63) is 28.7 Å². The molecule has 3 amide bonds. The van der Waals surface area contributed by atoms with E-state index in [4.69, 9.17) is 4.42 Å². The minimum atomic E-state index is -0.491. The number of carbonyl (C=O) groups excluding carboxylic acids is 2. The molecule has 0 spiro atoms. The maximum absolute atomic E-state index is 12.2. The van der Waals surface area contributed by atoms with Gasteiger partial charge < -0.3 is 9.73 Å². The smallest absolute Gasteiger partial charge is 0.324 e. The van der Waals surface area contributed by atoms with Crippen LogP contribution in [-0.4, -0.2) is 45.4 Å². The van der Waals surface area contributed by atoms with Crippen molar-refractivity contribution in [1.29, 1.82) is 0 Å². The third kappa shape index (κ3) is 3.56. The summed E-state index contributed by atoms with van der Waals surface area (Å²) in [6, 6.07) is 7.13. The molecule has 1 aromatic carbocycles. The van der Waals surface area contributed by atoms with Crippen LogP contribution in [0.25, 0.3) is 11.5 Å². The molecule has 1 fully saturated rings. The van der Waals surface area contributed by atoms with Crippen LogP contribution in [0.2, 0.25) is 0 Å². The van der Waals surface area contributed by atoms with Gasteiger partial charge in [-0.25, -0.2) is 4.79 Å². The minimum Gasteiger partial charge on any atom is -0.411 e. The lowest BCUT2D eigenvalue weighted by atomic mass is 10.2. The van der Waals surface area contributed by atoms with E-state index in [-0.39, 0.29) is 11.9 Å². The number of aromatic nitrogens is 2. The SMILES string of the molecule is CC(Sc1nnc(-c2cccc(Br)c2)o1)C(=O)N1CCNC1=O. The highest BCUT2D eigenvalue weighted by Crippen LogP contribution is 2.28. The molecule has 3 rings (SSSR count). The molecule has 2 aromatic rings. The summed E-state index contributed by atoms with van der Waals surface area (Å²) in [5.41, 5.74) is 0.789. The summed E-state index contributed by atoms with van der Waals surface area (Å²) in [5, 5.41) is 10.3. The first-order valence-corrected chi connectivity index (χ1v) is 8.57. The van der Waals surface area contributed by atoms with Gasteiger partial charge in [0.2, 0.25) is 11.8 Å². The van der Waals surface area contributed by atoms with Gasteiger partial charge in [0, 0.05) is 23.1 Å². The number of benzene rings is 1. The highest BCUT2D eigenvalue weighted by Gasteiger charge is 2.31. The Morgan fingerprint density at radius 2 is 2.30 bits per heavy atom. The van der Waals surface area contributed by atoms with Crippen LogP contribution in [0.5, 0.6) is 0 Å². The summed E-state index contributed by atoms with van der Waals surface area (Å²) in [4.78, 5) is 24.9. The van der Waals surface area contributed by atoms with Gasteiger partial charge in [-0.05, 0) is 25.1 Å². The predicted molar refractivity (Wildman–Crippen MR) is 87.9 cm³/mol. The lowest BCUT2D eigenvalue weighted by Gasteiger charge is -2.15. The maximum atomic E-state index is 12.2. The molecule has 1 aliphatic heterocycles. The summed E-state index contributed by atoms with van der Waals surface area (Å²) in [5.74, 6) is 0.111. The van der Waals surface area contributed by atoms with E-state index in [0.29, 0.717) is 24.2 Å². The van der Waals surface area contributed by atoms with Crippen molar-refractivity contribution >= 4 is 39.6 Å². The summed E-state index contributed by atoms with van der Waals surface area (Å²) in [7, 11) is 0. The van der Waals surface area contributed by atoms with E-state index < -0.39 is 5.25 Å². The van der Waals surface area contributed by atoms with Crippen molar-refractivity contribution in [2.75, 3.05) is 13.1 Å². The van der Waals surface area contributed by atoms with Crippen molar-refractivity contribution in [2.24, 2.45) is 0 Å². The number of nitrogens with one attached hydrogen (secondary N) is 1. The average Bonchev–Trinajstić information content (AvgIpc) is 3.15. The quantitative estimate of drug-likeness (QED) is 0.798. The minimum absolute atomic E-state index is 0.271. The average molecular weight is 397 g/mol. The second-order valence-electron chi connectivity index (χ2n) is 4.87. The van der Waals surface area contributed by atoms with Gasteiger partial charge >= 0.3 is 6.03 Å². The zero-order chi connectivity index (χ0) is 16.4. The number of carbonyl (C=O) groups is 2. The molecule has 9 heteroatoms. The number of imide groups is 1. The number of halogens is 1. The molecule has 1 unspecified atom stereocenters. The Kier molecular flexibility index (Phi) is 4.67. The van der Waals surface area contributed by atoms with Gasteiger partial charge in [0.15, 0.2) is 0 Å². The molecule has 23 heavy (non-hydrogen) atoms. The van der Waals surface area contributed by atoms with Crippen LogP contribution in [0.3, 0.4) is 0 Å². The van der Waals surface area contributed by atoms with Crippen molar-refractivity contribution in [2.45, 2.75) is 17.4 Å². The van der Waals surface area contributed by atoms with Gasteiger partial charge in [0.05, 0.1) is 5.25 Å². The lowest BCUT2D eigenvalue weighted by molar-refractivity contribution is -0.126. The number of nitrogens with zero attached hydrogens (tertiary/aromatic N) is 3. The van der Waals surface area contributed by atoms with Gasteiger partial charge in [-0.3, -0.25) is 9.69 Å². The second kappa shape index (κ2) is 6.71. The third-order valence-corrected chi connectivity index (χ3v) is 4.64. The predicted octanol–water partition coefficient (Wildman–Crippen LogP) is 2.53. The number of thioether (sulfide) groups is 1. The molecular formula is C14H13BrN4O3S. The Bertz CT molecular complexity index is 751. The van der Waals surface area contributed by atoms with Crippen LogP contribution in [0, 0.1) is 0 Å². The van der Waals surface area contributed by atoms with Crippen LogP contribution >= 0.6 is 27.7 Å². The van der Waals surface area contributed by atoms with Crippen molar-refractivity contribution < 1.29 is 14.0 Å². The fraction of sp³-hybridized carbons (Fsp3) is 0.286. The van der Waals surface area contributed by atoms with Gasteiger partial charge in [0.25, 0.3) is 5.22 Å². The molecule has 0 aliphatic carbocycles. The van der Waals surface area contributed by atoms with E-state index in [1.54, 1.807) is 6.92 Å². The zero-order valence-electron chi connectivity index (χ0n) is 12.2. The lowest BCUT2D eigenvalue weighted by Crippen LogP contribution is -2.38. The number of hydrogen-bond donors (Lipinski definition) is 1. The molecule has 1 aliphatic rings. The number of amides is 3. The first-order valence-electron chi connectivity index (χ1n) is 6.90. The van der Waals surface area contributed by atoms with Crippen LogP contribution in [0.1, 0.15) is 6.92 Å². The molecule has 1 saturated heterocycles. The molecular weight excluding hydrogens is 384 g/mol. The summed E-state index contributed by atoms with van der Waals surface area (Å²) >= 11 is 4.52. The number of hydrogen-bond acceptors (Lipinski definition) is 6. The maximum Gasteiger partial charge on any atom is 0.324 e. The van der Waals surface area contributed by atoms with Gasteiger partial charge in [-0.1, -0.05) is 33.8 Å². The first-order chi connectivity index (χ1) is 11.0. The molecule has 0 radical (unpaired) electrons. The summed E-state index contributed by atoms with van der Waals surface area (Å²) in [6.45, 7) is 2.58. The Balaban J connectivity index is 1.69. The largest absolute Gasteiger partial charge is 0.411 e. The highest BCUT2D eigenvalue weighted by atomic mass is 79.9. The molecule has 2 heterocycles. The van der Waals surface area contributed by atoms with Crippen molar-refractivity contribution in [3.8, 4) is 11.5 Å². The van der Waals surface area contributed by atoms with E-state index in [1.807, 2.05) is 24.3 Å². The standard InChI is InChI=1S/C14H13BrN4O3S/c1-8(12(20)19-6-5-16-13(19)21)23-14-18-17-11(22-14)9-3-2-4-10(15)7-9/h2-4,7-8H,5-6H2,1H3,(H,16,21). The molecule has 1 aromatic heterocycles. The summed E-state index contributed by atoms with van der Waals surface area (Å²) < 4.78 is 6.49. The van der Waals surface area contributed by atoms with Gasteiger partial charge in [-0.2, -0.15) is 0 Å². The Morgan fingerprint density at radius 3 is 3.00 bits per heavy atom. The topological polar surface area (TPSA) is 88.3 Å². The Morgan fingerprint density at radius 1 is 1.48 bits per heavy atom. The molecule has 1 N–H and O–H groups in total. The molecule has 7 nitrogen and oxygen atoms in total. The third-order valence-electron chi connectivity index (χ3n) is 3.23. The van der Waals surface area contributed by atoms with E-state index in [9.17, 15) is 9.59 Å². The molecule has 120 valence electrons. The van der Waals surface area contributed by atoms with Crippen LogP contribution < -0.4 is 5.32 Å². The molecule has 0 bridgehead atoms. The van der Waals surface area contributed by atoms with Crippen LogP contribution in [0.4, 0.5) is 4.79 Å². The van der Waals surface area contributed by atoms with Crippen molar-refractivity contribution in [1.82, 2.24) is 20.4 Å². The van der Waals surface area contributed by atoms with Gasteiger partial charge in [-0.15, -0.1) is 10.2 Å². The Labute approximate surface area is 144 Å². The second-order valence-corrected chi connectivity index (χ2v) is 7.07. The van der Waals surface area contributed by atoms with E-state index in [0.717, 1.165) is 21.8 Å². The highest BCUT2D eigenvalue weighted by molar-refractivity contribution is 9.10. The fourth-order valence-electron chi connectivity index (χ4n) is 2.10. The fourth-order valence-corrected chi connectivity index (χ4v) is 3.24. The van der Waals surface area contributed by atoms with Crippen LogP contribution in [0.15, 0.2) is 38.4 Å². The van der Waals surface area contributed by atoms with Crippen molar-refractivity contribution in [3.63, 3.8) is 0 Å². The van der Waals surface area contributed by atoms with E-state index in [1.165, 1.54) is 4.90 Å². The number of rotatable bonds is 4. The number of urea groups is 1. The normalized spacial score (nSPS) is 15.6. The van der Waals surface area contributed by atoms with Gasteiger partial charge in [0.1, 0.15) is 0 Å². The monoisotopic (exact) mass is 396 g/mol. The molecule has 1 atom stereocenters. The first kappa shape index (κ1) is 16.0. The Hall–Kier alpha value is -1.87. The zero-order valence-corrected chi connectivity index (χ0v) is 14.6. The van der Waals surface area contributed by atoms with Crippen LogP contribution in [-0.2, 0) is 4.79 Å². The van der Waals surface area contributed by atoms with E-state index in [2.05, 4.69) is 31.4 Å². The summed E-state index contributed by atoms with van der Waals surface area (Å²) in [6.07, 6.45) is 0. The molecule has 0 saturated carbocycles.